The van der Waals surface area contributed by atoms with Gasteiger partial charge in [-0.1, -0.05) is 6.92 Å². The van der Waals surface area contributed by atoms with Crippen LogP contribution in [0, 0.1) is 5.82 Å². The quantitative estimate of drug-likeness (QED) is 0.846. The van der Waals surface area contributed by atoms with Crippen LogP contribution in [0.1, 0.15) is 22.4 Å². The highest BCUT2D eigenvalue weighted by atomic mass is 32.2. The van der Waals surface area contributed by atoms with Crippen LogP contribution in [0.15, 0.2) is 29.3 Å². The van der Waals surface area contributed by atoms with Crippen LogP contribution in [-0.2, 0) is 29.5 Å². The van der Waals surface area contributed by atoms with E-state index in [4.69, 9.17) is 5.73 Å². The number of benzene rings is 1. The van der Waals surface area contributed by atoms with Crippen molar-refractivity contribution < 1.29 is 12.8 Å². The zero-order valence-corrected chi connectivity index (χ0v) is 13.1. The van der Waals surface area contributed by atoms with Gasteiger partial charge in [-0.05, 0) is 24.6 Å². The van der Waals surface area contributed by atoms with Crippen molar-refractivity contribution in [3.63, 3.8) is 0 Å². The summed E-state index contributed by atoms with van der Waals surface area (Å²) in [6.07, 6.45) is 2.60. The van der Waals surface area contributed by atoms with Gasteiger partial charge in [0.1, 0.15) is 10.8 Å². The first kappa shape index (κ1) is 16.0. The Morgan fingerprint density at radius 2 is 2.19 bits per heavy atom. The largest absolute Gasteiger partial charge is 0.326 e. The third-order valence-electron chi connectivity index (χ3n) is 2.91. The van der Waals surface area contributed by atoms with Crippen LogP contribution < -0.4 is 10.5 Å². The van der Waals surface area contributed by atoms with Gasteiger partial charge in [-0.2, -0.15) is 0 Å². The number of halogens is 1. The third-order valence-corrected chi connectivity index (χ3v) is 5.45. The van der Waals surface area contributed by atoms with E-state index in [1.54, 1.807) is 6.20 Å². The van der Waals surface area contributed by atoms with Crippen LogP contribution in [0.2, 0.25) is 0 Å². The minimum atomic E-state index is -3.71. The molecule has 21 heavy (non-hydrogen) atoms. The SMILES string of the molecule is CCc1cnc(CNS(=O)(=O)c2ccc(F)c(CN)c2)s1. The van der Waals surface area contributed by atoms with Crippen LogP contribution in [0.25, 0.3) is 0 Å². The maximum absolute atomic E-state index is 13.3. The molecule has 1 aromatic heterocycles. The maximum Gasteiger partial charge on any atom is 0.240 e. The van der Waals surface area contributed by atoms with E-state index in [-0.39, 0.29) is 23.5 Å². The van der Waals surface area contributed by atoms with Crippen molar-refractivity contribution in [2.75, 3.05) is 0 Å². The van der Waals surface area contributed by atoms with Gasteiger partial charge in [0.25, 0.3) is 0 Å². The van der Waals surface area contributed by atoms with Crippen LogP contribution in [0.3, 0.4) is 0 Å². The summed E-state index contributed by atoms with van der Waals surface area (Å²) in [6.45, 7) is 2.07. The zero-order valence-electron chi connectivity index (χ0n) is 11.5. The van der Waals surface area contributed by atoms with E-state index in [9.17, 15) is 12.8 Å². The van der Waals surface area contributed by atoms with Crippen molar-refractivity contribution in [1.82, 2.24) is 9.71 Å². The van der Waals surface area contributed by atoms with Crippen molar-refractivity contribution in [2.24, 2.45) is 5.73 Å². The molecule has 114 valence electrons. The molecule has 3 N–H and O–H groups in total. The molecule has 0 fully saturated rings. The monoisotopic (exact) mass is 329 g/mol. The summed E-state index contributed by atoms with van der Waals surface area (Å²) in [5.74, 6) is -0.510. The highest BCUT2D eigenvalue weighted by molar-refractivity contribution is 7.89. The standard InChI is InChI=1S/C13H16FN3O2S2/c1-2-10-7-16-13(20-10)8-17-21(18,19)11-3-4-12(14)9(5-11)6-15/h3-5,7,17H,2,6,8,15H2,1H3. The molecule has 1 heterocycles. The van der Waals surface area contributed by atoms with E-state index in [1.165, 1.54) is 23.5 Å². The predicted octanol–water partition coefficient (Wildman–Crippen LogP) is 1.78. The number of thiazole rings is 1. The summed E-state index contributed by atoms with van der Waals surface area (Å²) in [7, 11) is -3.71. The molecular formula is C13H16FN3O2S2. The third kappa shape index (κ3) is 3.85. The van der Waals surface area contributed by atoms with E-state index in [1.807, 2.05) is 6.92 Å². The summed E-state index contributed by atoms with van der Waals surface area (Å²) in [4.78, 5) is 5.23. The molecule has 2 rings (SSSR count). The van der Waals surface area contributed by atoms with E-state index >= 15 is 0 Å². The smallest absolute Gasteiger partial charge is 0.240 e. The number of rotatable bonds is 6. The van der Waals surface area contributed by atoms with Gasteiger partial charge in [-0.15, -0.1) is 11.3 Å². The van der Waals surface area contributed by atoms with Crippen molar-refractivity contribution in [3.05, 3.63) is 45.7 Å². The highest BCUT2D eigenvalue weighted by Crippen LogP contribution is 2.17. The van der Waals surface area contributed by atoms with Crippen LogP contribution >= 0.6 is 11.3 Å². The first-order valence-electron chi connectivity index (χ1n) is 6.38. The van der Waals surface area contributed by atoms with Crippen molar-refractivity contribution in [2.45, 2.75) is 31.3 Å². The normalized spacial score (nSPS) is 11.8. The molecule has 0 aliphatic heterocycles. The maximum atomic E-state index is 13.3. The number of aromatic nitrogens is 1. The van der Waals surface area contributed by atoms with Crippen molar-refractivity contribution >= 4 is 21.4 Å². The van der Waals surface area contributed by atoms with Crippen molar-refractivity contribution in [3.8, 4) is 0 Å². The fourth-order valence-electron chi connectivity index (χ4n) is 1.71. The molecule has 0 aliphatic carbocycles. The molecule has 0 saturated heterocycles. The van der Waals surface area contributed by atoms with Gasteiger partial charge < -0.3 is 5.73 Å². The Kier molecular flexibility index (Phi) is 5.04. The molecule has 2 aromatic rings. The van der Waals surface area contributed by atoms with Crippen LogP contribution in [0.4, 0.5) is 4.39 Å². The van der Waals surface area contributed by atoms with Gasteiger partial charge in [0.2, 0.25) is 10.0 Å². The topological polar surface area (TPSA) is 85.1 Å². The minimum Gasteiger partial charge on any atom is -0.326 e. The zero-order chi connectivity index (χ0) is 15.5. The van der Waals surface area contributed by atoms with Gasteiger partial charge in [-0.3, -0.25) is 0 Å². The molecule has 0 unspecified atom stereocenters. The molecule has 1 aromatic carbocycles. The van der Waals surface area contributed by atoms with Gasteiger partial charge >= 0.3 is 0 Å². The molecule has 0 atom stereocenters. The van der Waals surface area contributed by atoms with Crippen molar-refractivity contribution in [1.29, 1.82) is 0 Å². The molecule has 0 amide bonds. The number of sulfonamides is 1. The minimum absolute atomic E-state index is 0.00313. The van der Waals surface area contributed by atoms with Crippen LogP contribution in [0.5, 0.6) is 0 Å². The predicted molar refractivity (Wildman–Crippen MR) is 79.8 cm³/mol. The fourth-order valence-corrected chi connectivity index (χ4v) is 3.64. The van der Waals surface area contributed by atoms with Gasteiger partial charge in [-0.25, -0.2) is 22.5 Å². The average Bonchev–Trinajstić information content (AvgIpc) is 2.93. The number of aryl methyl sites for hydroxylation is 1. The van der Waals surface area contributed by atoms with E-state index in [0.717, 1.165) is 17.4 Å². The van der Waals surface area contributed by atoms with Gasteiger partial charge in [0.05, 0.1) is 11.4 Å². The first-order chi connectivity index (χ1) is 9.96. The lowest BCUT2D eigenvalue weighted by atomic mass is 10.2. The number of hydrogen-bond donors (Lipinski definition) is 2. The molecule has 5 nitrogen and oxygen atoms in total. The Morgan fingerprint density at radius 1 is 1.43 bits per heavy atom. The lowest BCUT2D eigenvalue weighted by Gasteiger charge is -2.07. The van der Waals surface area contributed by atoms with Gasteiger partial charge in [0, 0.05) is 23.2 Å². The second kappa shape index (κ2) is 6.61. The summed E-state index contributed by atoms with van der Waals surface area (Å²) in [6, 6.07) is 3.57. The summed E-state index contributed by atoms with van der Waals surface area (Å²) in [5.41, 5.74) is 5.55. The second-order valence-electron chi connectivity index (χ2n) is 4.36. The lowest BCUT2D eigenvalue weighted by molar-refractivity contribution is 0.579. The molecule has 8 heteroatoms. The second-order valence-corrected chi connectivity index (χ2v) is 7.32. The Balaban J connectivity index is 2.14. The number of nitrogens with two attached hydrogens (primary N) is 1. The fraction of sp³-hybridized carbons (Fsp3) is 0.308. The van der Waals surface area contributed by atoms with E-state index < -0.39 is 15.8 Å². The average molecular weight is 329 g/mol. The number of nitrogens with zero attached hydrogens (tertiary/aromatic N) is 1. The highest BCUT2D eigenvalue weighted by Gasteiger charge is 2.16. The van der Waals surface area contributed by atoms with E-state index in [2.05, 4.69) is 9.71 Å². The van der Waals surface area contributed by atoms with Crippen LogP contribution in [-0.4, -0.2) is 13.4 Å². The Hall–Kier alpha value is -1.35. The van der Waals surface area contributed by atoms with Gasteiger partial charge in [0.15, 0.2) is 0 Å². The molecule has 0 spiro atoms. The summed E-state index contributed by atoms with van der Waals surface area (Å²) >= 11 is 1.46. The number of nitrogens with one attached hydrogen (secondary N) is 1. The first-order valence-corrected chi connectivity index (χ1v) is 8.68. The number of hydrogen-bond acceptors (Lipinski definition) is 5. The molecule has 0 bridgehead atoms. The Labute approximate surface area is 127 Å². The molecule has 0 radical (unpaired) electrons. The van der Waals surface area contributed by atoms with E-state index in [0.29, 0.717) is 5.01 Å². The molecular weight excluding hydrogens is 313 g/mol. The molecule has 0 aliphatic rings. The summed E-state index contributed by atoms with van der Waals surface area (Å²) < 4.78 is 40.1. The summed E-state index contributed by atoms with van der Waals surface area (Å²) in [5, 5.41) is 0.691. The Morgan fingerprint density at radius 3 is 2.81 bits per heavy atom. The molecule has 0 saturated carbocycles. The lowest BCUT2D eigenvalue weighted by Crippen LogP contribution is -2.23. The Bertz CT molecular complexity index is 729.